The van der Waals surface area contributed by atoms with Crippen LogP contribution in [0.2, 0.25) is 0 Å². The highest BCUT2D eigenvalue weighted by atomic mass is 19.4. The van der Waals surface area contributed by atoms with Crippen molar-refractivity contribution < 1.29 is 17.9 Å². The Balaban J connectivity index is 1.38. The van der Waals surface area contributed by atoms with Crippen molar-refractivity contribution in [3.05, 3.63) is 60.1 Å². The zero-order chi connectivity index (χ0) is 27.0. The Labute approximate surface area is 217 Å². The van der Waals surface area contributed by atoms with Gasteiger partial charge in [-0.25, -0.2) is 24.9 Å². The van der Waals surface area contributed by atoms with E-state index >= 15 is 0 Å². The van der Waals surface area contributed by atoms with Gasteiger partial charge in [0.15, 0.2) is 11.5 Å². The smallest absolute Gasteiger partial charge is 0.434 e. The van der Waals surface area contributed by atoms with Crippen molar-refractivity contribution >= 4 is 5.95 Å². The van der Waals surface area contributed by atoms with E-state index in [0.29, 0.717) is 34.7 Å². The van der Waals surface area contributed by atoms with E-state index in [1.54, 1.807) is 19.2 Å². The molecular weight excluding hydrogens is 497 g/mol. The normalized spacial score (nSPS) is 14.5. The van der Waals surface area contributed by atoms with Crippen LogP contribution in [0.15, 0.2) is 43.1 Å². The highest BCUT2D eigenvalue weighted by Gasteiger charge is 2.35. The highest BCUT2D eigenvalue weighted by Crippen LogP contribution is 2.44. The summed E-state index contributed by atoms with van der Waals surface area (Å²) in [6.07, 6.45) is 1.55. The third kappa shape index (κ3) is 5.15. The van der Waals surface area contributed by atoms with Crippen molar-refractivity contribution in [3.8, 4) is 28.7 Å². The number of benzene rings is 1. The number of aromatic nitrogens is 7. The van der Waals surface area contributed by atoms with Gasteiger partial charge in [0.05, 0.1) is 18.8 Å². The van der Waals surface area contributed by atoms with Gasteiger partial charge < -0.3 is 14.6 Å². The van der Waals surface area contributed by atoms with Crippen LogP contribution in [0.1, 0.15) is 68.6 Å². The largest absolute Gasteiger partial charge is 0.480 e. The molecule has 38 heavy (non-hydrogen) atoms. The number of nitrogens with zero attached hydrogens (tertiary/aromatic N) is 7. The number of rotatable bonds is 8. The maximum Gasteiger partial charge on any atom is 0.434 e. The highest BCUT2D eigenvalue weighted by molar-refractivity contribution is 5.66. The van der Waals surface area contributed by atoms with Gasteiger partial charge in [0.25, 0.3) is 0 Å². The molecule has 4 aromatic rings. The van der Waals surface area contributed by atoms with Crippen LogP contribution in [0.3, 0.4) is 0 Å². The lowest BCUT2D eigenvalue weighted by Gasteiger charge is -2.16. The molecule has 3 aromatic heterocycles. The van der Waals surface area contributed by atoms with Crippen LogP contribution in [0.5, 0.6) is 5.88 Å². The van der Waals surface area contributed by atoms with E-state index in [1.807, 2.05) is 32.9 Å². The van der Waals surface area contributed by atoms with Gasteiger partial charge in [-0.15, -0.1) is 0 Å². The molecule has 0 bridgehead atoms. The Hall–Kier alpha value is -4.09. The Morgan fingerprint density at radius 1 is 0.974 bits per heavy atom. The monoisotopic (exact) mass is 524 g/mol. The molecule has 9 nitrogen and oxygen atoms in total. The SMILES string of the molecule is COc1ncnc(C2CC2)c1-c1ncnc(N[C@H](C)c2ccc(-c3nc(C(F)(F)F)cn3C(C)C)cc2)n1. The Morgan fingerprint density at radius 3 is 2.32 bits per heavy atom. The Morgan fingerprint density at radius 2 is 1.68 bits per heavy atom. The average Bonchev–Trinajstić information content (AvgIpc) is 3.64. The van der Waals surface area contributed by atoms with Crippen LogP contribution < -0.4 is 10.1 Å². The van der Waals surface area contributed by atoms with E-state index in [4.69, 9.17) is 4.74 Å². The minimum atomic E-state index is -4.51. The average molecular weight is 525 g/mol. The molecule has 1 aromatic carbocycles. The fourth-order valence-electron chi connectivity index (χ4n) is 4.23. The lowest BCUT2D eigenvalue weighted by molar-refractivity contribution is -0.140. The zero-order valence-electron chi connectivity index (χ0n) is 21.4. The summed E-state index contributed by atoms with van der Waals surface area (Å²) in [5, 5.41) is 3.27. The molecule has 1 atom stereocenters. The third-order valence-corrected chi connectivity index (χ3v) is 6.39. The molecule has 0 unspecified atom stereocenters. The van der Waals surface area contributed by atoms with Crippen LogP contribution in [0.4, 0.5) is 19.1 Å². The quantitative estimate of drug-likeness (QED) is 0.306. The first kappa shape index (κ1) is 25.6. The van der Waals surface area contributed by atoms with Gasteiger partial charge in [-0.1, -0.05) is 24.3 Å². The van der Waals surface area contributed by atoms with Gasteiger partial charge >= 0.3 is 6.18 Å². The summed E-state index contributed by atoms with van der Waals surface area (Å²) >= 11 is 0. The van der Waals surface area contributed by atoms with Crippen molar-refractivity contribution in [3.63, 3.8) is 0 Å². The molecule has 0 spiro atoms. The standard InChI is InChI=1S/C26H27F3N8O/c1-14(2)37-11-19(26(27,28)29)35-23(37)18-9-5-16(6-10-18)15(3)34-25-33-13-31-22(36-25)20-21(17-7-8-17)30-12-32-24(20)38-4/h5-6,9-15,17H,7-8H2,1-4H3,(H,31,33,34,36)/t15-/m1/s1. The molecule has 3 heterocycles. The number of anilines is 1. The minimum absolute atomic E-state index is 0.180. The van der Waals surface area contributed by atoms with Gasteiger partial charge in [0.1, 0.15) is 24.0 Å². The fraction of sp³-hybridized carbons (Fsp3) is 0.385. The first-order valence-electron chi connectivity index (χ1n) is 12.3. The number of imidazole rings is 1. The molecule has 0 aliphatic heterocycles. The molecule has 5 rings (SSSR count). The van der Waals surface area contributed by atoms with E-state index in [0.717, 1.165) is 30.3 Å². The molecular formula is C26H27F3N8O. The molecule has 1 fully saturated rings. The molecule has 0 saturated heterocycles. The summed E-state index contributed by atoms with van der Waals surface area (Å²) in [6.45, 7) is 5.58. The van der Waals surface area contributed by atoms with Crippen LogP contribution in [0.25, 0.3) is 22.8 Å². The second-order valence-electron chi connectivity index (χ2n) is 9.49. The first-order chi connectivity index (χ1) is 18.2. The number of ether oxygens (including phenoxy) is 1. The van der Waals surface area contributed by atoms with E-state index in [2.05, 4.69) is 35.2 Å². The molecule has 0 radical (unpaired) electrons. The fourth-order valence-corrected chi connectivity index (χ4v) is 4.23. The minimum Gasteiger partial charge on any atom is -0.480 e. The first-order valence-corrected chi connectivity index (χ1v) is 12.3. The molecule has 198 valence electrons. The number of nitrogens with one attached hydrogen (secondary N) is 1. The van der Waals surface area contributed by atoms with Crippen LogP contribution >= 0.6 is 0 Å². The molecule has 1 N–H and O–H groups in total. The summed E-state index contributed by atoms with van der Waals surface area (Å²) in [4.78, 5) is 25.7. The second-order valence-corrected chi connectivity index (χ2v) is 9.49. The maximum absolute atomic E-state index is 13.3. The number of halogens is 3. The van der Waals surface area contributed by atoms with E-state index in [9.17, 15) is 13.2 Å². The molecule has 0 amide bonds. The Bertz CT molecular complexity index is 1430. The van der Waals surface area contributed by atoms with Crippen LogP contribution in [-0.2, 0) is 6.18 Å². The summed E-state index contributed by atoms with van der Waals surface area (Å²) in [7, 11) is 1.55. The van der Waals surface area contributed by atoms with Gasteiger partial charge in [-0.3, -0.25) is 0 Å². The molecule has 12 heteroatoms. The third-order valence-electron chi connectivity index (χ3n) is 6.39. The lowest BCUT2D eigenvalue weighted by Crippen LogP contribution is -2.11. The number of hydrogen-bond acceptors (Lipinski definition) is 8. The van der Waals surface area contributed by atoms with E-state index < -0.39 is 11.9 Å². The van der Waals surface area contributed by atoms with Gasteiger partial charge in [-0.05, 0) is 39.2 Å². The Kier molecular flexibility index (Phi) is 6.72. The summed E-state index contributed by atoms with van der Waals surface area (Å²) in [5.74, 6) is 1.81. The molecule has 1 aliphatic rings. The predicted molar refractivity (Wildman–Crippen MR) is 134 cm³/mol. The molecule has 1 aliphatic carbocycles. The number of methoxy groups -OCH3 is 1. The summed E-state index contributed by atoms with van der Waals surface area (Å²) in [5.41, 5.74) is 2.12. The lowest BCUT2D eigenvalue weighted by atomic mass is 10.1. The maximum atomic E-state index is 13.3. The zero-order valence-corrected chi connectivity index (χ0v) is 21.4. The van der Waals surface area contributed by atoms with Gasteiger partial charge in [0, 0.05) is 23.7 Å². The van der Waals surface area contributed by atoms with Crippen molar-refractivity contribution in [2.75, 3.05) is 12.4 Å². The van der Waals surface area contributed by atoms with Crippen molar-refractivity contribution in [2.45, 2.75) is 57.8 Å². The molecule has 1 saturated carbocycles. The summed E-state index contributed by atoms with van der Waals surface area (Å²) < 4.78 is 46.8. The van der Waals surface area contributed by atoms with Gasteiger partial charge in [0.2, 0.25) is 11.8 Å². The number of hydrogen-bond donors (Lipinski definition) is 1. The van der Waals surface area contributed by atoms with Crippen LogP contribution in [0, 0.1) is 0 Å². The van der Waals surface area contributed by atoms with Crippen LogP contribution in [-0.4, -0.2) is 41.6 Å². The van der Waals surface area contributed by atoms with Crippen molar-refractivity contribution in [1.82, 2.24) is 34.5 Å². The summed E-state index contributed by atoms with van der Waals surface area (Å²) in [6, 6.07) is 6.85. The van der Waals surface area contributed by atoms with Crippen molar-refractivity contribution in [2.24, 2.45) is 0 Å². The van der Waals surface area contributed by atoms with E-state index in [-0.39, 0.29) is 17.9 Å². The van der Waals surface area contributed by atoms with Crippen molar-refractivity contribution in [1.29, 1.82) is 0 Å². The second kappa shape index (κ2) is 9.99. The number of alkyl halides is 3. The predicted octanol–water partition coefficient (Wildman–Crippen LogP) is 5.85. The van der Waals surface area contributed by atoms with Gasteiger partial charge in [-0.2, -0.15) is 18.2 Å². The van der Waals surface area contributed by atoms with E-state index in [1.165, 1.54) is 17.2 Å². The topological polar surface area (TPSA) is 104 Å².